The number of nitrogens with one attached hydrogen (secondary N) is 1. The van der Waals surface area contributed by atoms with E-state index in [1.165, 1.54) is 0 Å². The number of halogens is 4. The van der Waals surface area contributed by atoms with Crippen molar-refractivity contribution in [3.8, 4) is 0 Å². The van der Waals surface area contributed by atoms with E-state index >= 15 is 0 Å². The summed E-state index contributed by atoms with van der Waals surface area (Å²) in [5.74, 6) is 0. The lowest BCUT2D eigenvalue weighted by molar-refractivity contribution is 0.692. The van der Waals surface area contributed by atoms with Crippen molar-refractivity contribution in [1.82, 2.24) is 5.32 Å². The van der Waals surface area contributed by atoms with Crippen LogP contribution in [0.4, 0.5) is 0 Å². The first-order valence-electron chi connectivity index (χ1n) is 5.60. The second kappa shape index (κ2) is 6.34. The molecule has 0 saturated heterocycles. The smallest absolute Gasteiger partial charge is 0.0595 e. The number of rotatable bonds is 3. The Kier molecular flexibility index (Phi) is 4.99. The van der Waals surface area contributed by atoms with Crippen LogP contribution in [0.2, 0.25) is 20.1 Å². The fourth-order valence-corrected chi connectivity index (χ4v) is 2.52. The molecule has 100 valence electrons. The zero-order chi connectivity index (χ0) is 14.0. The maximum atomic E-state index is 6.05. The van der Waals surface area contributed by atoms with Crippen LogP contribution in [0.15, 0.2) is 36.4 Å². The summed E-state index contributed by atoms with van der Waals surface area (Å²) in [7, 11) is 1.87. The van der Waals surface area contributed by atoms with E-state index in [1.807, 2.05) is 31.3 Å². The Balaban J connectivity index is 2.43. The summed E-state index contributed by atoms with van der Waals surface area (Å²) in [6.07, 6.45) is 0. The van der Waals surface area contributed by atoms with Gasteiger partial charge in [-0.15, -0.1) is 0 Å². The fraction of sp³-hybridized carbons (Fsp3) is 0.143. The summed E-state index contributed by atoms with van der Waals surface area (Å²) in [5.41, 5.74) is 2.02. The Hall–Kier alpha value is -0.440. The van der Waals surface area contributed by atoms with Crippen LogP contribution in [0, 0.1) is 0 Å². The quantitative estimate of drug-likeness (QED) is 0.769. The molecule has 0 fully saturated rings. The van der Waals surface area contributed by atoms with Gasteiger partial charge in [0.25, 0.3) is 0 Å². The Morgan fingerprint density at radius 1 is 0.737 bits per heavy atom. The van der Waals surface area contributed by atoms with Gasteiger partial charge in [0.05, 0.1) is 26.1 Å². The molecule has 2 rings (SSSR count). The highest BCUT2D eigenvalue weighted by Crippen LogP contribution is 2.31. The minimum Gasteiger partial charge on any atom is -0.309 e. The van der Waals surface area contributed by atoms with Crippen LogP contribution in [-0.4, -0.2) is 7.05 Å². The van der Waals surface area contributed by atoms with Gasteiger partial charge in [0.1, 0.15) is 0 Å². The van der Waals surface area contributed by atoms with Crippen LogP contribution in [0.3, 0.4) is 0 Å². The third-order valence-corrected chi connectivity index (χ3v) is 4.32. The molecule has 2 aromatic rings. The molecule has 0 aliphatic carbocycles. The van der Waals surface area contributed by atoms with Gasteiger partial charge in [0.15, 0.2) is 0 Å². The van der Waals surface area contributed by atoms with E-state index in [4.69, 9.17) is 46.4 Å². The van der Waals surface area contributed by atoms with Crippen LogP contribution in [0.25, 0.3) is 0 Å². The van der Waals surface area contributed by atoms with Gasteiger partial charge in [-0.25, -0.2) is 0 Å². The molecule has 1 nitrogen and oxygen atoms in total. The third kappa shape index (κ3) is 3.36. The summed E-state index contributed by atoms with van der Waals surface area (Å²) in [5, 5.41) is 5.35. The molecule has 0 saturated carbocycles. The Morgan fingerprint density at radius 2 is 1.16 bits per heavy atom. The summed E-state index contributed by atoms with van der Waals surface area (Å²) >= 11 is 24.0. The third-order valence-electron chi connectivity index (χ3n) is 2.84. The maximum absolute atomic E-state index is 6.05. The first-order valence-corrected chi connectivity index (χ1v) is 7.11. The zero-order valence-electron chi connectivity index (χ0n) is 10.1. The lowest BCUT2D eigenvalue weighted by Crippen LogP contribution is -2.17. The average molecular weight is 335 g/mol. The number of hydrogen-bond acceptors (Lipinski definition) is 1. The standard InChI is InChI=1S/C14H11Cl4N/c1-19-14(8-2-4-10(15)12(17)6-8)9-3-5-11(16)13(18)7-9/h2-7,14,19H,1H3. The molecule has 2 aromatic carbocycles. The fourth-order valence-electron chi connectivity index (χ4n) is 1.91. The molecule has 1 N–H and O–H groups in total. The van der Waals surface area contributed by atoms with Crippen LogP contribution in [0.5, 0.6) is 0 Å². The van der Waals surface area contributed by atoms with Gasteiger partial charge in [0, 0.05) is 0 Å². The first-order chi connectivity index (χ1) is 9.02. The van der Waals surface area contributed by atoms with Crippen LogP contribution >= 0.6 is 46.4 Å². The predicted molar refractivity (Wildman–Crippen MR) is 83.8 cm³/mol. The maximum Gasteiger partial charge on any atom is 0.0595 e. The average Bonchev–Trinajstić information content (AvgIpc) is 2.39. The minimum absolute atomic E-state index is 0.0236. The lowest BCUT2D eigenvalue weighted by Gasteiger charge is -2.18. The van der Waals surface area contributed by atoms with Crippen LogP contribution in [0.1, 0.15) is 17.2 Å². The van der Waals surface area contributed by atoms with Crippen molar-refractivity contribution < 1.29 is 0 Å². The van der Waals surface area contributed by atoms with Crippen molar-refractivity contribution in [2.75, 3.05) is 7.05 Å². The monoisotopic (exact) mass is 333 g/mol. The van der Waals surface area contributed by atoms with Crippen LogP contribution < -0.4 is 5.32 Å². The molecule has 5 heteroatoms. The molecular weight excluding hydrogens is 324 g/mol. The van der Waals surface area contributed by atoms with Crippen molar-refractivity contribution in [1.29, 1.82) is 0 Å². The molecule has 0 radical (unpaired) electrons. The summed E-state index contributed by atoms with van der Waals surface area (Å²) in [4.78, 5) is 0. The molecular formula is C14H11Cl4N. The van der Waals surface area contributed by atoms with Gasteiger partial charge >= 0.3 is 0 Å². The van der Waals surface area contributed by atoms with Crippen molar-refractivity contribution in [2.45, 2.75) is 6.04 Å². The Bertz CT molecular complexity index is 546. The van der Waals surface area contributed by atoms with E-state index < -0.39 is 0 Å². The Labute approximate surface area is 132 Å². The van der Waals surface area contributed by atoms with Crippen molar-refractivity contribution >= 4 is 46.4 Å². The number of benzene rings is 2. The summed E-state index contributed by atoms with van der Waals surface area (Å²) in [6, 6.07) is 11.1. The molecule has 0 aliphatic heterocycles. The largest absolute Gasteiger partial charge is 0.309 e. The minimum atomic E-state index is -0.0236. The highest BCUT2D eigenvalue weighted by Gasteiger charge is 2.14. The van der Waals surface area contributed by atoms with Gasteiger partial charge in [-0.1, -0.05) is 58.5 Å². The van der Waals surface area contributed by atoms with E-state index in [0.29, 0.717) is 20.1 Å². The van der Waals surface area contributed by atoms with Crippen molar-refractivity contribution in [3.05, 3.63) is 67.6 Å². The second-order valence-electron chi connectivity index (χ2n) is 4.07. The highest BCUT2D eigenvalue weighted by molar-refractivity contribution is 6.42. The molecule has 0 heterocycles. The molecule has 0 aliphatic rings. The summed E-state index contributed by atoms with van der Waals surface area (Å²) < 4.78 is 0. The highest BCUT2D eigenvalue weighted by atomic mass is 35.5. The normalized spacial score (nSPS) is 11.1. The van der Waals surface area contributed by atoms with E-state index in [0.717, 1.165) is 11.1 Å². The van der Waals surface area contributed by atoms with E-state index in [1.54, 1.807) is 12.1 Å². The van der Waals surface area contributed by atoms with E-state index in [9.17, 15) is 0 Å². The van der Waals surface area contributed by atoms with Gasteiger partial charge in [-0.05, 0) is 42.4 Å². The lowest BCUT2D eigenvalue weighted by atomic mass is 9.99. The molecule has 0 spiro atoms. The van der Waals surface area contributed by atoms with E-state index in [2.05, 4.69) is 5.32 Å². The number of hydrogen-bond donors (Lipinski definition) is 1. The van der Waals surface area contributed by atoms with Gasteiger partial charge in [-0.3, -0.25) is 0 Å². The summed E-state index contributed by atoms with van der Waals surface area (Å²) in [6.45, 7) is 0. The molecule has 0 atom stereocenters. The van der Waals surface area contributed by atoms with E-state index in [-0.39, 0.29) is 6.04 Å². The SMILES string of the molecule is CNC(c1ccc(Cl)c(Cl)c1)c1ccc(Cl)c(Cl)c1. The predicted octanol–water partition coefficient (Wildman–Crippen LogP) is 5.61. The molecule has 0 unspecified atom stereocenters. The molecule has 19 heavy (non-hydrogen) atoms. The zero-order valence-corrected chi connectivity index (χ0v) is 13.1. The van der Waals surface area contributed by atoms with Crippen LogP contribution in [-0.2, 0) is 0 Å². The van der Waals surface area contributed by atoms with Gasteiger partial charge in [-0.2, -0.15) is 0 Å². The molecule has 0 amide bonds. The van der Waals surface area contributed by atoms with Gasteiger partial charge in [0.2, 0.25) is 0 Å². The first kappa shape index (κ1) is 15.0. The molecule has 0 bridgehead atoms. The molecule has 0 aromatic heterocycles. The van der Waals surface area contributed by atoms with Crippen molar-refractivity contribution in [2.24, 2.45) is 0 Å². The second-order valence-corrected chi connectivity index (χ2v) is 5.70. The van der Waals surface area contributed by atoms with Gasteiger partial charge < -0.3 is 5.32 Å². The van der Waals surface area contributed by atoms with Crippen molar-refractivity contribution in [3.63, 3.8) is 0 Å². The topological polar surface area (TPSA) is 12.0 Å². The Morgan fingerprint density at radius 3 is 1.47 bits per heavy atom.